The molecule has 0 bridgehead atoms. The van der Waals surface area contributed by atoms with E-state index in [2.05, 4.69) is 15.3 Å². The van der Waals surface area contributed by atoms with Crippen molar-refractivity contribution in [2.45, 2.75) is 26.3 Å². The first-order valence-electron chi connectivity index (χ1n) is 6.49. The molecule has 0 saturated heterocycles. The molecule has 1 aliphatic rings. The predicted octanol–water partition coefficient (Wildman–Crippen LogP) is 1.93. The van der Waals surface area contributed by atoms with E-state index in [1.54, 1.807) is 0 Å². The SMILES string of the molecule is Cc1ccc2[nH]c(=S)n(CCNC(=O)C3CC3)c2n1. The van der Waals surface area contributed by atoms with Gasteiger partial charge in [0.2, 0.25) is 5.91 Å². The molecule has 2 N–H and O–H groups in total. The van der Waals surface area contributed by atoms with Crippen LogP contribution >= 0.6 is 12.2 Å². The van der Waals surface area contributed by atoms with E-state index in [0.29, 0.717) is 17.9 Å². The fourth-order valence-corrected chi connectivity index (χ4v) is 2.40. The lowest BCUT2D eigenvalue weighted by Crippen LogP contribution is -2.28. The summed E-state index contributed by atoms with van der Waals surface area (Å²) in [4.78, 5) is 19.2. The normalized spacial score (nSPS) is 14.8. The minimum absolute atomic E-state index is 0.162. The van der Waals surface area contributed by atoms with E-state index in [-0.39, 0.29) is 11.8 Å². The molecule has 0 spiro atoms. The molecule has 1 fully saturated rings. The molecular weight excluding hydrogens is 260 g/mol. The molecule has 3 rings (SSSR count). The van der Waals surface area contributed by atoms with Gasteiger partial charge in [-0.2, -0.15) is 0 Å². The standard InChI is InChI=1S/C13H16N4OS/c1-8-2-5-10-11(15-8)17(13(19)16-10)7-6-14-12(18)9-3-4-9/h2,5,9H,3-4,6-7H2,1H3,(H,14,18)(H,16,19). The summed E-state index contributed by atoms with van der Waals surface area (Å²) in [6.45, 7) is 3.19. The van der Waals surface area contributed by atoms with Crippen molar-refractivity contribution in [3.05, 3.63) is 22.6 Å². The smallest absolute Gasteiger partial charge is 0.223 e. The average molecular weight is 276 g/mol. The quantitative estimate of drug-likeness (QED) is 0.839. The Labute approximate surface area is 116 Å². The Kier molecular flexibility index (Phi) is 3.10. The van der Waals surface area contributed by atoms with Crippen molar-refractivity contribution in [1.29, 1.82) is 0 Å². The molecule has 2 heterocycles. The number of nitrogens with one attached hydrogen (secondary N) is 2. The number of hydrogen-bond acceptors (Lipinski definition) is 3. The molecule has 0 radical (unpaired) electrons. The van der Waals surface area contributed by atoms with Gasteiger partial charge < -0.3 is 10.3 Å². The lowest BCUT2D eigenvalue weighted by molar-refractivity contribution is -0.122. The summed E-state index contributed by atoms with van der Waals surface area (Å²) in [7, 11) is 0. The Hall–Kier alpha value is -1.69. The van der Waals surface area contributed by atoms with Crippen LogP contribution in [0.2, 0.25) is 0 Å². The fraction of sp³-hybridized carbons (Fsp3) is 0.462. The number of carbonyl (C=O) groups is 1. The number of pyridine rings is 1. The van der Waals surface area contributed by atoms with Gasteiger partial charge in [-0.1, -0.05) is 0 Å². The first kappa shape index (κ1) is 12.3. The van der Waals surface area contributed by atoms with Gasteiger partial charge in [-0.3, -0.25) is 9.36 Å². The van der Waals surface area contributed by atoms with Gasteiger partial charge in [0.15, 0.2) is 10.4 Å². The van der Waals surface area contributed by atoms with Crippen molar-refractivity contribution >= 4 is 29.3 Å². The Morgan fingerprint density at radius 1 is 1.58 bits per heavy atom. The van der Waals surface area contributed by atoms with Crippen LogP contribution < -0.4 is 5.32 Å². The van der Waals surface area contributed by atoms with Crippen LogP contribution in [0, 0.1) is 17.6 Å². The summed E-state index contributed by atoms with van der Waals surface area (Å²) in [6.07, 6.45) is 2.05. The lowest BCUT2D eigenvalue weighted by Gasteiger charge is -2.06. The zero-order chi connectivity index (χ0) is 13.4. The minimum Gasteiger partial charge on any atom is -0.354 e. The number of amides is 1. The van der Waals surface area contributed by atoms with E-state index in [0.717, 1.165) is 29.7 Å². The molecule has 2 aromatic rings. The van der Waals surface area contributed by atoms with Gasteiger partial charge in [0.05, 0.1) is 5.52 Å². The van der Waals surface area contributed by atoms with Crippen molar-refractivity contribution in [2.75, 3.05) is 6.54 Å². The second-order valence-electron chi connectivity index (χ2n) is 4.97. The largest absolute Gasteiger partial charge is 0.354 e. The number of nitrogens with zero attached hydrogens (tertiary/aromatic N) is 2. The second-order valence-corrected chi connectivity index (χ2v) is 5.36. The van der Waals surface area contributed by atoms with Crippen LogP contribution in [0.3, 0.4) is 0 Å². The molecule has 1 saturated carbocycles. The number of H-pyrrole nitrogens is 1. The number of imidazole rings is 1. The number of rotatable bonds is 4. The van der Waals surface area contributed by atoms with Crippen molar-refractivity contribution in [3.8, 4) is 0 Å². The molecule has 5 nitrogen and oxygen atoms in total. The molecule has 0 atom stereocenters. The topological polar surface area (TPSA) is 62.7 Å². The highest BCUT2D eigenvalue weighted by atomic mass is 32.1. The molecule has 0 aliphatic heterocycles. The zero-order valence-electron chi connectivity index (χ0n) is 10.8. The van der Waals surface area contributed by atoms with Gasteiger partial charge in [-0.05, 0) is 44.1 Å². The second kappa shape index (κ2) is 4.77. The number of aromatic amines is 1. The molecule has 19 heavy (non-hydrogen) atoms. The van der Waals surface area contributed by atoms with Crippen molar-refractivity contribution < 1.29 is 4.79 Å². The van der Waals surface area contributed by atoms with E-state index >= 15 is 0 Å². The van der Waals surface area contributed by atoms with Crippen LogP contribution in [0.5, 0.6) is 0 Å². The Morgan fingerprint density at radius 2 is 2.37 bits per heavy atom. The summed E-state index contributed by atoms with van der Waals surface area (Å²) in [5.41, 5.74) is 2.74. The predicted molar refractivity (Wildman–Crippen MR) is 75.4 cm³/mol. The molecule has 100 valence electrons. The van der Waals surface area contributed by atoms with Gasteiger partial charge in [-0.15, -0.1) is 0 Å². The Balaban J connectivity index is 1.76. The number of aromatic nitrogens is 3. The summed E-state index contributed by atoms with van der Waals surface area (Å²) >= 11 is 5.29. The molecule has 0 aromatic carbocycles. The number of carbonyl (C=O) groups excluding carboxylic acids is 1. The van der Waals surface area contributed by atoms with Crippen molar-refractivity contribution in [3.63, 3.8) is 0 Å². The van der Waals surface area contributed by atoms with Crippen LogP contribution in [-0.4, -0.2) is 27.0 Å². The highest BCUT2D eigenvalue weighted by Crippen LogP contribution is 2.28. The zero-order valence-corrected chi connectivity index (χ0v) is 11.6. The monoisotopic (exact) mass is 276 g/mol. The van der Waals surface area contributed by atoms with Gasteiger partial charge in [-0.25, -0.2) is 4.98 Å². The van der Waals surface area contributed by atoms with Crippen LogP contribution in [0.4, 0.5) is 0 Å². The molecule has 1 amide bonds. The summed E-state index contributed by atoms with van der Waals surface area (Å²) < 4.78 is 2.58. The summed E-state index contributed by atoms with van der Waals surface area (Å²) in [6, 6.07) is 3.93. The maximum atomic E-state index is 11.6. The first-order chi connectivity index (χ1) is 9.15. The van der Waals surface area contributed by atoms with Gasteiger partial charge in [0.1, 0.15) is 0 Å². The van der Waals surface area contributed by atoms with E-state index in [4.69, 9.17) is 12.2 Å². The van der Waals surface area contributed by atoms with Crippen LogP contribution in [0.15, 0.2) is 12.1 Å². The highest BCUT2D eigenvalue weighted by molar-refractivity contribution is 7.71. The maximum Gasteiger partial charge on any atom is 0.223 e. The number of fused-ring (bicyclic) bond motifs is 1. The van der Waals surface area contributed by atoms with E-state index in [1.807, 2.05) is 23.6 Å². The lowest BCUT2D eigenvalue weighted by atomic mass is 10.3. The molecule has 2 aromatic heterocycles. The van der Waals surface area contributed by atoms with Crippen molar-refractivity contribution in [2.24, 2.45) is 5.92 Å². The van der Waals surface area contributed by atoms with Gasteiger partial charge in [0, 0.05) is 24.7 Å². The van der Waals surface area contributed by atoms with E-state index in [1.165, 1.54) is 0 Å². The molecule has 1 aliphatic carbocycles. The Bertz CT molecular complexity index is 683. The maximum absolute atomic E-state index is 11.6. The van der Waals surface area contributed by atoms with Gasteiger partial charge >= 0.3 is 0 Å². The van der Waals surface area contributed by atoms with Crippen LogP contribution in [0.1, 0.15) is 18.5 Å². The molecule has 0 unspecified atom stereocenters. The Morgan fingerprint density at radius 3 is 3.11 bits per heavy atom. The van der Waals surface area contributed by atoms with Gasteiger partial charge in [0.25, 0.3) is 0 Å². The molecule has 6 heteroatoms. The highest BCUT2D eigenvalue weighted by Gasteiger charge is 2.29. The third-order valence-corrected chi connectivity index (χ3v) is 3.66. The molecular formula is C13H16N4OS. The van der Waals surface area contributed by atoms with E-state index in [9.17, 15) is 4.79 Å². The summed E-state index contributed by atoms with van der Waals surface area (Å²) in [5.74, 6) is 0.409. The van der Waals surface area contributed by atoms with Crippen LogP contribution in [0.25, 0.3) is 11.2 Å². The van der Waals surface area contributed by atoms with Crippen LogP contribution in [-0.2, 0) is 11.3 Å². The van der Waals surface area contributed by atoms with Crippen molar-refractivity contribution in [1.82, 2.24) is 19.9 Å². The first-order valence-corrected chi connectivity index (χ1v) is 6.90. The summed E-state index contributed by atoms with van der Waals surface area (Å²) in [5, 5.41) is 2.94. The minimum atomic E-state index is 0.162. The number of hydrogen-bond donors (Lipinski definition) is 2. The van der Waals surface area contributed by atoms with E-state index < -0.39 is 0 Å². The third kappa shape index (κ3) is 2.53. The average Bonchev–Trinajstić information content (AvgIpc) is 3.17. The fourth-order valence-electron chi connectivity index (χ4n) is 2.11. The number of aryl methyl sites for hydroxylation is 1. The third-order valence-electron chi connectivity index (χ3n) is 3.34.